The summed E-state index contributed by atoms with van der Waals surface area (Å²) < 4.78 is 16.5. The largest absolute Gasteiger partial charge is 0.494 e. The number of carbonyl (C=O) groups is 2. The topological polar surface area (TPSA) is 94.8 Å². The van der Waals surface area contributed by atoms with Gasteiger partial charge in [-0.1, -0.05) is 52.2 Å². The summed E-state index contributed by atoms with van der Waals surface area (Å²) >= 11 is 0. The Morgan fingerprint density at radius 1 is 0.973 bits per heavy atom. The quantitative estimate of drug-likeness (QED) is 0.177. The van der Waals surface area contributed by atoms with E-state index in [1.807, 2.05) is 24.3 Å². The summed E-state index contributed by atoms with van der Waals surface area (Å²) in [5.74, 6) is 0.221. The highest BCUT2D eigenvalue weighted by atomic mass is 16.5. The lowest BCUT2D eigenvalue weighted by molar-refractivity contribution is -0.134. The Labute approximate surface area is 217 Å². The molecule has 0 unspecified atom stereocenters. The minimum atomic E-state index is -0.711. The van der Waals surface area contributed by atoms with E-state index in [1.165, 1.54) is 24.1 Å². The number of ether oxygens (including phenoxy) is 2. The molecule has 0 aliphatic heterocycles. The minimum Gasteiger partial charge on any atom is -0.494 e. The van der Waals surface area contributed by atoms with Crippen molar-refractivity contribution in [1.29, 1.82) is 0 Å². The summed E-state index contributed by atoms with van der Waals surface area (Å²) in [6.45, 7) is 6.87. The molecule has 1 aromatic heterocycles. The zero-order valence-electron chi connectivity index (χ0n) is 21.8. The van der Waals surface area contributed by atoms with E-state index in [-0.39, 0.29) is 34.8 Å². The second-order valence-corrected chi connectivity index (χ2v) is 10.7. The number of benzene rings is 2. The molecule has 0 bridgehead atoms. The average Bonchev–Trinajstić information content (AvgIpc) is 2.86. The summed E-state index contributed by atoms with van der Waals surface area (Å²) in [5.41, 5.74) is 0.840. The van der Waals surface area contributed by atoms with Gasteiger partial charge in [-0.15, -0.1) is 0 Å². The normalized spacial score (nSPS) is 14.4. The standard InChI is InChI=1S/C30H35NO6/c1-30(2,3)21-12-15-23(16-13-21)35-17-7-10-27(32)36-24-14-11-20-18-25(29(34)37-26(20)19-24)28(33)31-22-8-5-4-6-9-22/h11-16,18-19,22H,4-10,17H2,1-3H3,(H,31,33). The lowest BCUT2D eigenvalue weighted by Crippen LogP contribution is -2.38. The lowest BCUT2D eigenvalue weighted by Gasteiger charge is -2.22. The van der Waals surface area contributed by atoms with Crippen LogP contribution >= 0.6 is 0 Å². The van der Waals surface area contributed by atoms with Crippen molar-refractivity contribution < 1.29 is 23.5 Å². The van der Waals surface area contributed by atoms with Crippen LogP contribution in [-0.2, 0) is 10.2 Å². The predicted octanol–water partition coefficient (Wildman–Crippen LogP) is 5.92. The molecule has 7 heteroatoms. The molecule has 1 aliphatic carbocycles. The fraction of sp³-hybridized carbons (Fsp3) is 0.433. The number of fused-ring (bicyclic) bond motifs is 1. The third-order valence-electron chi connectivity index (χ3n) is 6.64. The highest BCUT2D eigenvalue weighted by Crippen LogP contribution is 2.25. The number of carbonyl (C=O) groups excluding carboxylic acids is 2. The Bertz CT molecular complexity index is 1300. The van der Waals surface area contributed by atoms with Gasteiger partial charge in [0.05, 0.1) is 6.61 Å². The molecule has 37 heavy (non-hydrogen) atoms. The van der Waals surface area contributed by atoms with Crippen molar-refractivity contribution in [3.8, 4) is 11.5 Å². The zero-order chi connectivity index (χ0) is 26.4. The predicted molar refractivity (Wildman–Crippen MR) is 142 cm³/mol. The number of hydrogen-bond donors (Lipinski definition) is 1. The minimum absolute atomic E-state index is 0.0177. The van der Waals surface area contributed by atoms with Crippen molar-refractivity contribution in [2.75, 3.05) is 6.61 Å². The van der Waals surface area contributed by atoms with E-state index in [1.54, 1.807) is 12.1 Å². The van der Waals surface area contributed by atoms with Gasteiger partial charge in [0.1, 0.15) is 22.6 Å². The van der Waals surface area contributed by atoms with Gasteiger partial charge in [-0.25, -0.2) is 4.79 Å². The van der Waals surface area contributed by atoms with Crippen LogP contribution in [0.1, 0.15) is 81.6 Å². The first-order valence-electron chi connectivity index (χ1n) is 13.0. The maximum atomic E-state index is 12.6. The van der Waals surface area contributed by atoms with Crippen LogP contribution < -0.4 is 20.4 Å². The molecule has 0 spiro atoms. The van der Waals surface area contributed by atoms with Crippen LogP contribution in [0.15, 0.2) is 57.7 Å². The molecule has 0 radical (unpaired) electrons. The summed E-state index contributed by atoms with van der Waals surface area (Å²) in [5, 5.41) is 3.53. The highest BCUT2D eigenvalue weighted by Gasteiger charge is 2.20. The van der Waals surface area contributed by atoms with E-state index in [0.29, 0.717) is 18.4 Å². The smallest absolute Gasteiger partial charge is 0.349 e. The molecule has 0 atom stereocenters. The Balaban J connectivity index is 1.28. The maximum absolute atomic E-state index is 12.6. The van der Waals surface area contributed by atoms with Gasteiger partial charge in [-0.05, 0) is 60.6 Å². The monoisotopic (exact) mass is 505 g/mol. The summed E-state index contributed by atoms with van der Waals surface area (Å²) in [6.07, 6.45) is 5.88. The van der Waals surface area contributed by atoms with Gasteiger partial charge < -0.3 is 19.2 Å². The molecule has 1 heterocycles. The first-order chi connectivity index (χ1) is 17.7. The van der Waals surface area contributed by atoms with E-state index in [9.17, 15) is 14.4 Å². The Kier molecular flexibility index (Phi) is 8.31. The van der Waals surface area contributed by atoms with E-state index in [0.717, 1.165) is 31.4 Å². The number of rotatable bonds is 8. The van der Waals surface area contributed by atoms with E-state index in [2.05, 4.69) is 26.1 Å². The molecule has 3 aromatic rings. The van der Waals surface area contributed by atoms with Gasteiger partial charge in [-0.2, -0.15) is 0 Å². The SMILES string of the molecule is CC(C)(C)c1ccc(OCCCC(=O)Oc2ccc3cc(C(=O)NC4CCCCC4)c(=O)oc3c2)cc1. The molecule has 1 amide bonds. The van der Waals surface area contributed by atoms with Crippen LogP contribution in [0.2, 0.25) is 0 Å². The number of hydrogen-bond acceptors (Lipinski definition) is 6. The summed E-state index contributed by atoms with van der Waals surface area (Å²) in [4.78, 5) is 37.4. The second-order valence-electron chi connectivity index (χ2n) is 10.7. The summed E-state index contributed by atoms with van der Waals surface area (Å²) in [7, 11) is 0. The molecule has 196 valence electrons. The van der Waals surface area contributed by atoms with Crippen LogP contribution in [0.4, 0.5) is 0 Å². The van der Waals surface area contributed by atoms with Gasteiger partial charge in [0.15, 0.2) is 0 Å². The fourth-order valence-corrected chi connectivity index (χ4v) is 4.46. The first-order valence-corrected chi connectivity index (χ1v) is 13.0. The Morgan fingerprint density at radius 2 is 1.68 bits per heavy atom. The van der Waals surface area contributed by atoms with E-state index >= 15 is 0 Å². The molecule has 1 fully saturated rings. The van der Waals surface area contributed by atoms with Gasteiger partial charge in [0.25, 0.3) is 5.91 Å². The highest BCUT2D eigenvalue weighted by molar-refractivity contribution is 5.97. The molecule has 1 aliphatic rings. The molecule has 7 nitrogen and oxygen atoms in total. The molecule has 0 saturated heterocycles. The Hall–Kier alpha value is -3.61. The van der Waals surface area contributed by atoms with Crippen LogP contribution in [0.5, 0.6) is 11.5 Å². The zero-order valence-corrected chi connectivity index (χ0v) is 21.8. The van der Waals surface area contributed by atoms with Crippen LogP contribution in [0.3, 0.4) is 0 Å². The van der Waals surface area contributed by atoms with Crippen LogP contribution in [0, 0.1) is 0 Å². The van der Waals surface area contributed by atoms with Gasteiger partial charge in [0, 0.05) is 23.9 Å². The maximum Gasteiger partial charge on any atom is 0.349 e. The number of esters is 1. The molecular weight excluding hydrogens is 470 g/mol. The Morgan fingerprint density at radius 3 is 2.38 bits per heavy atom. The van der Waals surface area contributed by atoms with Gasteiger partial charge >= 0.3 is 11.6 Å². The van der Waals surface area contributed by atoms with Crippen molar-refractivity contribution in [2.45, 2.75) is 77.2 Å². The van der Waals surface area contributed by atoms with Crippen molar-refractivity contribution in [3.63, 3.8) is 0 Å². The molecule has 2 aromatic carbocycles. The van der Waals surface area contributed by atoms with E-state index < -0.39 is 17.5 Å². The van der Waals surface area contributed by atoms with Crippen LogP contribution in [0.25, 0.3) is 11.0 Å². The second kappa shape index (κ2) is 11.6. The first kappa shape index (κ1) is 26.5. The number of nitrogens with one attached hydrogen (secondary N) is 1. The van der Waals surface area contributed by atoms with Crippen LogP contribution in [-0.4, -0.2) is 24.5 Å². The lowest BCUT2D eigenvalue weighted by atomic mass is 9.87. The fourth-order valence-electron chi connectivity index (χ4n) is 4.46. The number of amides is 1. The van der Waals surface area contributed by atoms with Gasteiger partial charge in [0.2, 0.25) is 0 Å². The molecule has 1 N–H and O–H groups in total. The third-order valence-corrected chi connectivity index (χ3v) is 6.64. The molecular formula is C30H35NO6. The molecule has 4 rings (SSSR count). The summed E-state index contributed by atoms with van der Waals surface area (Å²) in [6, 6.07) is 14.4. The van der Waals surface area contributed by atoms with Crippen molar-refractivity contribution in [1.82, 2.24) is 5.32 Å². The third kappa shape index (κ3) is 7.21. The van der Waals surface area contributed by atoms with E-state index in [4.69, 9.17) is 13.9 Å². The van der Waals surface area contributed by atoms with Crippen molar-refractivity contribution >= 4 is 22.8 Å². The molecule has 1 saturated carbocycles. The van der Waals surface area contributed by atoms with Gasteiger partial charge in [-0.3, -0.25) is 9.59 Å². The average molecular weight is 506 g/mol. The van der Waals surface area contributed by atoms with Crippen molar-refractivity contribution in [3.05, 3.63) is 70.1 Å². The van der Waals surface area contributed by atoms with Crippen molar-refractivity contribution in [2.24, 2.45) is 0 Å².